The van der Waals surface area contributed by atoms with Gasteiger partial charge in [-0.2, -0.15) is 0 Å². The number of carbonyl (C=O) groups excluding carboxylic acids is 1. The molecule has 152 valence electrons. The van der Waals surface area contributed by atoms with Crippen LogP contribution in [0.15, 0.2) is 66.0 Å². The molecule has 0 saturated carbocycles. The number of Topliss-reactive ketones (excluding diaryl/α,β-unsaturated/α-hetero) is 1. The van der Waals surface area contributed by atoms with Crippen molar-refractivity contribution in [1.82, 2.24) is 4.98 Å². The summed E-state index contributed by atoms with van der Waals surface area (Å²) in [5.41, 5.74) is 7.48. The number of carbonyl (C=O) groups is 1. The van der Waals surface area contributed by atoms with Crippen LogP contribution in [-0.4, -0.2) is 24.9 Å². The first-order valence-corrected chi connectivity index (χ1v) is 10.5. The molecule has 0 unspecified atom stereocenters. The highest BCUT2D eigenvalue weighted by Crippen LogP contribution is 2.50. The van der Waals surface area contributed by atoms with Crippen molar-refractivity contribution >= 4 is 28.1 Å². The van der Waals surface area contributed by atoms with Crippen molar-refractivity contribution in [3.8, 4) is 0 Å². The summed E-state index contributed by atoms with van der Waals surface area (Å²) in [6, 6.07) is 16.9. The SMILES string of the molecule is CN(C)c1ccc([C@@H]2C3=C(CC(C)(C)CC3=O)Nc3ccc4ncccc4c32)cc1. The van der Waals surface area contributed by atoms with Crippen LogP contribution in [0.2, 0.25) is 0 Å². The number of pyridine rings is 1. The first kappa shape index (κ1) is 18.9. The Labute approximate surface area is 177 Å². The number of hydrogen-bond donors (Lipinski definition) is 1. The Kier molecular flexibility index (Phi) is 4.21. The van der Waals surface area contributed by atoms with E-state index >= 15 is 0 Å². The highest BCUT2D eigenvalue weighted by Gasteiger charge is 2.41. The van der Waals surface area contributed by atoms with Gasteiger partial charge in [-0.15, -0.1) is 0 Å². The van der Waals surface area contributed by atoms with Gasteiger partial charge in [0, 0.05) is 60.7 Å². The first-order chi connectivity index (χ1) is 14.3. The fourth-order valence-corrected chi connectivity index (χ4v) is 4.98. The molecule has 4 heteroatoms. The topological polar surface area (TPSA) is 45.2 Å². The molecule has 1 atom stereocenters. The number of nitrogens with zero attached hydrogens (tertiary/aromatic N) is 2. The highest BCUT2D eigenvalue weighted by molar-refractivity contribution is 6.04. The van der Waals surface area contributed by atoms with Crippen LogP contribution in [0.1, 0.15) is 43.7 Å². The lowest BCUT2D eigenvalue weighted by Crippen LogP contribution is -2.33. The molecule has 1 aromatic heterocycles. The third kappa shape index (κ3) is 2.98. The van der Waals surface area contributed by atoms with E-state index in [1.165, 1.54) is 0 Å². The summed E-state index contributed by atoms with van der Waals surface area (Å²) in [4.78, 5) is 20.1. The maximum absolute atomic E-state index is 13.4. The molecule has 1 aliphatic heterocycles. The summed E-state index contributed by atoms with van der Waals surface area (Å²) >= 11 is 0. The third-order valence-electron chi connectivity index (χ3n) is 6.35. The Hall–Kier alpha value is -3.14. The fourth-order valence-electron chi connectivity index (χ4n) is 4.98. The zero-order valence-corrected chi connectivity index (χ0v) is 18.0. The smallest absolute Gasteiger partial charge is 0.162 e. The number of anilines is 2. The van der Waals surface area contributed by atoms with E-state index < -0.39 is 0 Å². The van der Waals surface area contributed by atoms with Gasteiger partial charge in [0.2, 0.25) is 0 Å². The van der Waals surface area contributed by atoms with Crippen LogP contribution in [0.5, 0.6) is 0 Å². The lowest BCUT2D eigenvalue weighted by atomic mass is 9.68. The van der Waals surface area contributed by atoms with E-state index in [0.29, 0.717) is 6.42 Å². The van der Waals surface area contributed by atoms with Crippen molar-refractivity contribution in [3.05, 3.63) is 77.1 Å². The number of ketones is 1. The Morgan fingerprint density at radius 3 is 2.53 bits per heavy atom. The zero-order chi connectivity index (χ0) is 21.0. The zero-order valence-electron chi connectivity index (χ0n) is 18.0. The molecule has 0 spiro atoms. The molecule has 0 bridgehead atoms. The van der Waals surface area contributed by atoms with E-state index in [1.807, 2.05) is 26.4 Å². The number of benzene rings is 2. The molecule has 0 fully saturated rings. The second-order valence-electron chi connectivity index (χ2n) is 9.47. The Morgan fingerprint density at radius 2 is 1.80 bits per heavy atom. The summed E-state index contributed by atoms with van der Waals surface area (Å²) in [5.74, 6) is 0.172. The molecule has 1 N–H and O–H groups in total. The van der Waals surface area contributed by atoms with E-state index in [1.54, 1.807) is 0 Å². The van der Waals surface area contributed by atoms with E-state index in [2.05, 4.69) is 71.5 Å². The van der Waals surface area contributed by atoms with Gasteiger partial charge in [-0.05, 0) is 53.3 Å². The molecule has 2 heterocycles. The summed E-state index contributed by atoms with van der Waals surface area (Å²) < 4.78 is 0. The summed E-state index contributed by atoms with van der Waals surface area (Å²) in [5, 5.41) is 4.73. The molecule has 4 nitrogen and oxygen atoms in total. The highest BCUT2D eigenvalue weighted by atomic mass is 16.1. The number of rotatable bonds is 2. The predicted molar refractivity (Wildman–Crippen MR) is 123 cm³/mol. The molecule has 0 radical (unpaired) electrons. The molecule has 0 saturated heterocycles. The van der Waals surface area contributed by atoms with Crippen LogP contribution in [0, 0.1) is 5.41 Å². The Morgan fingerprint density at radius 1 is 1.03 bits per heavy atom. The average molecular weight is 398 g/mol. The van der Waals surface area contributed by atoms with Gasteiger partial charge in [-0.1, -0.05) is 32.0 Å². The van der Waals surface area contributed by atoms with Crippen molar-refractivity contribution in [2.24, 2.45) is 5.41 Å². The lowest BCUT2D eigenvalue weighted by molar-refractivity contribution is -0.118. The largest absolute Gasteiger partial charge is 0.378 e. The van der Waals surface area contributed by atoms with Crippen molar-refractivity contribution in [3.63, 3.8) is 0 Å². The van der Waals surface area contributed by atoms with E-state index in [9.17, 15) is 4.79 Å². The fraction of sp³-hybridized carbons (Fsp3) is 0.308. The van der Waals surface area contributed by atoms with Gasteiger partial charge in [-0.3, -0.25) is 9.78 Å². The van der Waals surface area contributed by atoms with Gasteiger partial charge in [0.25, 0.3) is 0 Å². The molecule has 2 aromatic carbocycles. The molecular weight excluding hydrogens is 370 g/mol. The second-order valence-corrected chi connectivity index (χ2v) is 9.47. The number of allylic oxidation sites excluding steroid dienone is 2. The van der Waals surface area contributed by atoms with Crippen LogP contribution in [0.4, 0.5) is 11.4 Å². The lowest BCUT2D eigenvalue weighted by Gasteiger charge is -2.40. The molecule has 0 amide bonds. The Bertz CT molecular complexity index is 1190. The van der Waals surface area contributed by atoms with Crippen molar-refractivity contribution < 1.29 is 4.79 Å². The van der Waals surface area contributed by atoms with Crippen molar-refractivity contribution in [2.45, 2.75) is 32.6 Å². The monoisotopic (exact) mass is 397 g/mol. The minimum Gasteiger partial charge on any atom is -0.378 e. The number of hydrogen-bond acceptors (Lipinski definition) is 4. The summed E-state index contributed by atoms with van der Waals surface area (Å²) in [6.07, 6.45) is 3.29. The number of fused-ring (bicyclic) bond motifs is 3. The average Bonchev–Trinajstić information content (AvgIpc) is 2.71. The summed E-state index contributed by atoms with van der Waals surface area (Å²) in [6.45, 7) is 4.36. The summed E-state index contributed by atoms with van der Waals surface area (Å²) in [7, 11) is 4.09. The molecule has 3 aromatic rings. The van der Waals surface area contributed by atoms with Crippen LogP contribution >= 0.6 is 0 Å². The van der Waals surface area contributed by atoms with Crippen molar-refractivity contribution in [2.75, 3.05) is 24.3 Å². The van der Waals surface area contributed by atoms with E-state index in [4.69, 9.17) is 0 Å². The maximum Gasteiger partial charge on any atom is 0.162 e. The Balaban J connectivity index is 1.77. The van der Waals surface area contributed by atoms with Crippen LogP contribution in [0.25, 0.3) is 10.9 Å². The first-order valence-electron chi connectivity index (χ1n) is 10.5. The van der Waals surface area contributed by atoms with Gasteiger partial charge < -0.3 is 10.2 Å². The molecular formula is C26H27N3O. The maximum atomic E-state index is 13.4. The van der Waals surface area contributed by atoms with Crippen LogP contribution in [0.3, 0.4) is 0 Å². The number of nitrogens with one attached hydrogen (secondary N) is 1. The predicted octanol–water partition coefficient (Wildman–Crippen LogP) is 5.50. The second kappa shape index (κ2) is 6.69. The van der Waals surface area contributed by atoms with Gasteiger partial charge in [0.05, 0.1) is 5.52 Å². The van der Waals surface area contributed by atoms with Gasteiger partial charge in [0.15, 0.2) is 5.78 Å². The van der Waals surface area contributed by atoms with Gasteiger partial charge >= 0.3 is 0 Å². The molecule has 5 rings (SSSR count). The van der Waals surface area contributed by atoms with Gasteiger partial charge in [0.1, 0.15) is 0 Å². The van der Waals surface area contributed by atoms with Crippen molar-refractivity contribution in [1.29, 1.82) is 0 Å². The minimum atomic E-state index is -0.0797. The standard InChI is InChI=1S/C26H27N3O/c1-26(2)14-21-25(22(30)15-26)23(16-7-9-17(10-8-16)29(3)4)24-18-6-5-13-27-19(18)11-12-20(24)28-21/h5-13,23,28H,14-15H2,1-4H3/t23-/m0/s1. The third-order valence-corrected chi connectivity index (χ3v) is 6.35. The quantitative estimate of drug-likeness (QED) is 0.620. The minimum absolute atomic E-state index is 0.0296. The molecule has 1 aliphatic carbocycles. The molecule has 30 heavy (non-hydrogen) atoms. The molecule has 2 aliphatic rings. The van der Waals surface area contributed by atoms with Crippen LogP contribution in [-0.2, 0) is 4.79 Å². The van der Waals surface area contributed by atoms with Gasteiger partial charge in [-0.25, -0.2) is 0 Å². The van der Waals surface area contributed by atoms with Crippen LogP contribution < -0.4 is 10.2 Å². The normalized spacial score (nSPS) is 19.9. The van der Waals surface area contributed by atoms with E-state index in [-0.39, 0.29) is 17.1 Å². The van der Waals surface area contributed by atoms with E-state index in [0.717, 1.165) is 51.1 Å². The number of aromatic nitrogens is 1.